The average Bonchev–Trinajstić information content (AvgIpc) is 2.64. The first-order chi connectivity index (χ1) is 12.2. The highest BCUT2D eigenvalue weighted by atomic mass is 16.5. The molecule has 5 nitrogen and oxygen atoms in total. The minimum Gasteiger partial charge on any atom is -0.465 e. The molecule has 0 aliphatic rings. The van der Waals surface area contributed by atoms with Crippen LogP contribution in [0.5, 0.6) is 0 Å². The molecule has 26 heavy (non-hydrogen) atoms. The summed E-state index contributed by atoms with van der Waals surface area (Å²) in [5.41, 5.74) is 0. The molecule has 0 aromatic rings. The second-order valence-corrected chi connectivity index (χ2v) is 6.83. The fourth-order valence-corrected chi connectivity index (χ4v) is 1.87. The molecular formula is C21H40O5. The van der Waals surface area contributed by atoms with Crippen LogP contribution in [0.25, 0.3) is 0 Å². The average molecular weight is 373 g/mol. The van der Waals surface area contributed by atoms with Crippen LogP contribution in [0, 0.1) is 11.8 Å². The number of Topliss-reactive ketones (excluding diaryl/α,β-unsaturated/α-hetero) is 1. The third-order valence-corrected chi connectivity index (χ3v) is 4.37. The zero-order chi connectivity index (χ0) is 20.5. The van der Waals surface area contributed by atoms with E-state index in [2.05, 4.69) is 13.8 Å². The standard InChI is InChI=1S/C13H24O3.C8H16O2/c1-5-10(4)16-13(15)9-11(6-2)8-12(14)7-3;1-4-7(3)6-10-8(9)5-2/h10-11H,5-9H2,1-4H3;7H,4-6H2,1-3H3. The van der Waals surface area contributed by atoms with Crippen LogP contribution in [0.1, 0.15) is 93.4 Å². The van der Waals surface area contributed by atoms with E-state index in [9.17, 15) is 14.4 Å². The molecule has 0 N–H and O–H groups in total. The molecule has 0 aromatic heterocycles. The van der Waals surface area contributed by atoms with Gasteiger partial charge in [-0.3, -0.25) is 14.4 Å². The molecule has 0 rings (SSSR count). The summed E-state index contributed by atoms with van der Waals surface area (Å²) < 4.78 is 10.1. The van der Waals surface area contributed by atoms with Crippen molar-refractivity contribution in [1.29, 1.82) is 0 Å². The number of carbonyl (C=O) groups excluding carboxylic acids is 3. The van der Waals surface area contributed by atoms with Gasteiger partial charge in [-0.05, 0) is 25.2 Å². The maximum atomic E-state index is 11.5. The Labute approximate surface area is 160 Å². The predicted molar refractivity (Wildman–Crippen MR) is 105 cm³/mol. The Kier molecular flexibility index (Phi) is 17.6. The molecule has 154 valence electrons. The van der Waals surface area contributed by atoms with E-state index in [1.165, 1.54) is 0 Å². The van der Waals surface area contributed by atoms with E-state index in [1.807, 2.05) is 27.7 Å². The zero-order valence-corrected chi connectivity index (χ0v) is 17.9. The van der Waals surface area contributed by atoms with Crippen LogP contribution in [0.15, 0.2) is 0 Å². The lowest BCUT2D eigenvalue weighted by atomic mass is 9.95. The quantitative estimate of drug-likeness (QED) is 0.446. The molecule has 0 aliphatic heterocycles. The summed E-state index contributed by atoms with van der Waals surface area (Å²) in [5, 5.41) is 0. The van der Waals surface area contributed by atoms with Crippen LogP contribution < -0.4 is 0 Å². The van der Waals surface area contributed by atoms with Gasteiger partial charge in [0.15, 0.2) is 0 Å². The smallest absolute Gasteiger partial charge is 0.306 e. The lowest BCUT2D eigenvalue weighted by molar-refractivity contribution is -0.149. The van der Waals surface area contributed by atoms with Crippen molar-refractivity contribution in [2.75, 3.05) is 6.61 Å². The Balaban J connectivity index is 0. The van der Waals surface area contributed by atoms with Gasteiger partial charge in [0.2, 0.25) is 0 Å². The molecule has 3 atom stereocenters. The first kappa shape index (κ1) is 26.8. The largest absolute Gasteiger partial charge is 0.465 e. The minimum absolute atomic E-state index is 0.0214. The summed E-state index contributed by atoms with van der Waals surface area (Å²) in [5.74, 6) is 0.591. The minimum atomic E-state index is -0.176. The molecule has 0 saturated heterocycles. The summed E-state index contributed by atoms with van der Waals surface area (Å²) >= 11 is 0. The number of ether oxygens (including phenoxy) is 2. The van der Waals surface area contributed by atoms with Crippen LogP contribution in [-0.4, -0.2) is 30.4 Å². The van der Waals surface area contributed by atoms with E-state index >= 15 is 0 Å². The fourth-order valence-electron chi connectivity index (χ4n) is 1.87. The Morgan fingerprint density at radius 3 is 1.81 bits per heavy atom. The Hall–Kier alpha value is -1.39. The van der Waals surface area contributed by atoms with E-state index in [1.54, 1.807) is 6.92 Å². The molecule has 0 saturated carbocycles. The van der Waals surface area contributed by atoms with Crippen molar-refractivity contribution < 1.29 is 23.9 Å². The van der Waals surface area contributed by atoms with Gasteiger partial charge in [0, 0.05) is 25.7 Å². The van der Waals surface area contributed by atoms with Crippen molar-refractivity contribution in [3.8, 4) is 0 Å². The molecule has 0 amide bonds. The highest BCUT2D eigenvalue weighted by Gasteiger charge is 2.17. The molecule has 0 aromatic carbocycles. The third kappa shape index (κ3) is 16.1. The van der Waals surface area contributed by atoms with E-state index in [0.717, 1.165) is 19.3 Å². The Morgan fingerprint density at radius 2 is 1.38 bits per heavy atom. The van der Waals surface area contributed by atoms with Gasteiger partial charge >= 0.3 is 11.9 Å². The van der Waals surface area contributed by atoms with Crippen LogP contribution in [0.2, 0.25) is 0 Å². The first-order valence-corrected chi connectivity index (χ1v) is 10.1. The van der Waals surface area contributed by atoms with Crippen LogP contribution >= 0.6 is 0 Å². The summed E-state index contributed by atoms with van der Waals surface area (Å²) in [6.07, 6.45) is 4.63. The predicted octanol–water partition coefficient (Wildman–Crippen LogP) is 5.10. The third-order valence-electron chi connectivity index (χ3n) is 4.37. The lowest BCUT2D eigenvalue weighted by Gasteiger charge is -2.15. The van der Waals surface area contributed by atoms with Gasteiger partial charge in [-0.15, -0.1) is 0 Å². The molecule has 0 radical (unpaired) electrons. The highest BCUT2D eigenvalue weighted by Crippen LogP contribution is 2.16. The molecular weight excluding hydrogens is 332 g/mol. The monoisotopic (exact) mass is 372 g/mol. The van der Waals surface area contributed by atoms with Gasteiger partial charge in [-0.1, -0.05) is 54.4 Å². The topological polar surface area (TPSA) is 69.7 Å². The summed E-state index contributed by atoms with van der Waals surface area (Å²) in [4.78, 5) is 33.4. The van der Waals surface area contributed by atoms with Gasteiger partial charge in [0.1, 0.15) is 5.78 Å². The van der Waals surface area contributed by atoms with E-state index in [0.29, 0.717) is 38.2 Å². The molecule has 0 heterocycles. The normalized spacial score (nSPS) is 13.7. The summed E-state index contributed by atoms with van der Waals surface area (Å²) in [7, 11) is 0. The van der Waals surface area contributed by atoms with Crippen molar-refractivity contribution >= 4 is 17.7 Å². The molecule has 0 aliphatic carbocycles. The van der Waals surface area contributed by atoms with Gasteiger partial charge in [0.25, 0.3) is 0 Å². The van der Waals surface area contributed by atoms with Crippen LogP contribution in [0.3, 0.4) is 0 Å². The lowest BCUT2D eigenvalue weighted by Crippen LogP contribution is -2.18. The number of hydrogen-bond donors (Lipinski definition) is 0. The summed E-state index contributed by atoms with van der Waals surface area (Å²) in [6.45, 7) is 14.3. The number of hydrogen-bond acceptors (Lipinski definition) is 5. The van der Waals surface area contributed by atoms with Crippen molar-refractivity contribution in [3.63, 3.8) is 0 Å². The fraction of sp³-hybridized carbons (Fsp3) is 0.857. The first-order valence-electron chi connectivity index (χ1n) is 10.1. The number of ketones is 1. The molecule has 0 fully saturated rings. The molecule has 0 bridgehead atoms. The van der Waals surface area contributed by atoms with Crippen LogP contribution in [-0.2, 0) is 23.9 Å². The van der Waals surface area contributed by atoms with E-state index in [4.69, 9.17) is 9.47 Å². The van der Waals surface area contributed by atoms with Crippen molar-refractivity contribution in [3.05, 3.63) is 0 Å². The second-order valence-electron chi connectivity index (χ2n) is 6.83. The van der Waals surface area contributed by atoms with E-state index < -0.39 is 0 Å². The maximum Gasteiger partial charge on any atom is 0.306 e. The molecule has 3 unspecified atom stereocenters. The Bertz CT molecular complexity index is 392. The SMILES string of the molecule is CCC(=O)CC(CC)CC(=O)OC(C)CC.CCC(=O)OCC(C)CC. The summed E-state index contributed by atoms with van der Waals surface area (Å²) in [6, 6.07) is 0. The van der Waals surface area contributed by atoms with Crippen LogP contribution in [0.4, 0.5) is 0 Å². The molecule has 5 heteroatoms. The number of esters is 2. The number of carbonyl (C=O) groups is 3. The van der Waals surface area contributed by atoms with Crippen molar-refractivity contribution in [2.45, 2.75) is 99.5 Å². The highest BCUT2D eigenvalue weighted by molar-refractivity contribution is 5.79. The maximum absolute atomic E-state index is 11.5. The van der Waals surface area contributed by atoms with Gasteiger partial charge < -0.3 is 9.47 Å². The van der Waals surface area contributed by atoms with Gasteiger partial charge in [-0.2, -0.15) is 0 Å². The van der Waals surface area contributed by atoms with E-state index in [-0.39, 0.29) is 29.7 Å². The Morgan fingerprint density at radius 1 is 0.769 bits per heavy atom. The van der Waals surface area contributed by atoms with Gasteiger partial charge in [-0.25, -0.2) is 0 Å². The van der Waals surface area contributed by atoms with Crippen molar-refractivity contribution in [2.24, 2.45) is 11.8 Å². The molecule has 0 spiro atoms. The zero-order valence-electron chi connectivity index (χ0n) is 17.9. The van der Waals surface area contributed by atoms with Crippen molar-refractivity contribution in [1.82, 2.24) is 0 Å². The second kappa shape index (κ2) is 17.0. The van der Waals surface area contributed by atoms with Gasteiger partial charge in [0.05, 0.1) is 12.7 Å². The number of rotatable bonds is 12.